The van der Waals surface area contributed by atoms with E-state index in [0.717, 1.165) is 104 Å². The minimum Gasteiger partial charge on any atom is -0.381 e. The lowest BCUT2D eigenvalue weighted by Gasteiger charge is -2.36. The summed E-state index contributed by atoms with van der Waals surface area (Å²) in [6.07, 6.45) is 5.47. The van der Waals surface area contributed by atoms with E-state index in [1.807, 2.05) is 0 Å². The minimum absolute atomic E-state index is 0.169. The fourth-order valence-corrected chi connectivity index (χ4v) is 3.76. The number of nitrogens with zero attached hydrogens (tertiary/aromatic N) is 3. The fourth-order valence-electron chi connectivity index (χ4n) is 3.76. The number of hydrogen-bond donors (Lipinski definition) is 2. The number of guanidine groups is 1. The van der Waals surface area contributed by atoms with Crippen LogP contribution in [0.1, 0.15) is 39.0 Å². The molecule has 0 aromatic heterocycles. The van der Waals surface area contributed by atoms with Gasteiger partial charge in [-0.25, -0.2) is 0 Å². The van der Waals surface area contributed by atoms with Crippen LogP contribution in [0.2, 0.25) is 0 Å². The molecule has 29 heavy (non-hydrogen) atoms. The number of carbonyl (C=O) groups is 1. The van der Waals surface area contributed by atoms with Crippen LogP contribution in [-0.4, -0.2) is 99.9 Å². The van der Waals surface area contributed by atoms with Gasteiger partial charge in [0.2, 0.25) is 5.91 Å². The Morgan fingerprint density at radius 3 is 2.59 bits per heavy atom. The van der Waals surface area contributed by atoms with Gasteiger partial charge in [-0.1, -0.05) is 0 Å². The summed E-state index contributed by atoms with van der Waals surface area (Å²) in [4.78, 5) is 21.3. The lowest BCUT2D eigenvalue weighted by molar-refractivity contribution is -0.122. The molecule has 1 amide bonds. The van der Waals surface area contributed by atoms with Gasteiger partial charge < -0.3 is 25.0 Å². The van der Waals surface area contributed by atoms with E-state index < -0.39 is 0 Å². The molecule has 0 bridgehead atoms. The smallest absolute Gasteiger partial charge is 0.234 e. The van der Waals surface area contributed by atoms with E-state index >= 15 is 0 Å². The van der Waals surface area contributed by atoms with Crippen molar-refractivity contribution in [3.63, 3.8) is 0 Å². The van der Waals surface area contributed by atoms with Gasteiger partial charge in [0.25, 0.3) is 0 Å². The number of rotatable bonds is 10. The van der Waals surface area contributed by atoms with Gasteiger partial charge in [0, 0.05) is 71.7 Å². The lowest BCUT2D eigenvalue weighted by atomic mass is 10.0. The topological polar surface area (TPSA) is 78.4 Å². The maximum absolute atomic E-state index is 12.0. The summed E-state index contributed by atoms with van der Waals surface area (Å²) >= 11 is 0. The highest BCUT2D eigenvalue weighted by molar-refractivity contribution is 5.80. The standard InChI is InChI=1S/C21H39N5O3/c1-2-22-21(23-8-3-13-29-17-18-6-14-28-15-7-18)26-11-9-25(10-12-26)16-20(27)24-19-4-5-19/h18-19H,2-17H2,1H3,(H,22,23)(H,24,27). The van der Waals surface area contributed by atoms with E-state index in [9.17, 15) is 4.79 Å². The molecule has 2 saturated heterocycles. The van der Waals surface area contributed by atoms with E-state index in [-0.39, 0.29) is 5.91 Å². The van der Waals surface area contributed by atoms with E-state index in [1.165, 1.54) is 0 Å². The third-order valence-electron chi connectivity index (χ3n) is 5.72. The zero-order valence-corrected chi connectivity index (χ0v) is 18.0. The van der Waals surface area contributed by atoms with Crippen molar-refractivity contribution in [1.82, 2.24) is 20.4 Å². The molecule has 3 aliphatic rings. The zero-order valence-electron chi connectivity index (χ0n) is 18.0. The highest BCUT2D eigenvalue weighted by Gasteiger charge is 2.25. The second-order valence-electron chi connectivity index (χ2n) is 8.32. The number of nitrogens with one attached hydrogen (secondary N) is 2. The predicted molar refractivity (Wildman–Crippen MR) is 114 cm³/mol. The normalized spacial score (nSPS) is 22.0. The summed E-state index contributed by atoms with van der Waals surface area (Å²) in [5.41, 5.74) is 0. The molecule has 1 aliphatic carbocycles. The molecule has 1 saturated carbocycles. The van der Waals surface area contributed by atoms with E-state index in [1.54, 1.807) is 0 Å². The largest absolute Gasteiger partial charge is 0.381 e. The SMILES string of the molecule is CCNC(=NCCCOCC1CCOCC1)N1CCN(CC(=O)NC2CC2)CC1. The van der Waals surface area contributed by atoms with Crippen molar-refractivity contribution in [1.29, 1.82) is 0 Å². The van der Waals surface area contributed by atoms with Crippen molar-refractivity contribution in [2.45, 2.75) is 45.1 Å². The van der Waals surface area contributed by atoms with Crippen LogP contribution in [0.15, 0.2) is 4.99 Å². The monoisotopic (exact) mass is 409 g/mol. The molecule has 2 N–H and O–H groups in total. The van der Waals surface area contributed by atoms with Crippen LogP contribution in [0.3, 0.4) is 0 Å². The van der Waals surface area contributed by atoms with Crippen LogP contribution in [0.4, 0.5) is 0 Å². The summed E-state index contributed by atoms with van der Waals surface area (Å²) in [7, 11) is 0. The second kappa shape index (κ2) is 12.3. The van der Waals surface area contributed by atoms with Gasteiger partial charge in [-0.05, 0) is 44.9 Å². The maximum Gasteiger partial charge on any atom is 0.234 e. The molecule has 0 atom stereocenters. The fraction of sp³-hybridized carbons (Fsp3) is 0.905. The highest BCUT2D eigenvalue weighted by atomic mass is 16.5. The second-order valence-corrected chi connectivity index (χ2v) is 8.32. The van der Waals surface area contributed by atoms with Crippen LogP contribution >= 0.6 is 0 Å². The molecule has 2 heterocycles. The molecule has 0 aromatic rings. The van der Waals surface area contributed by atoms with Crippen molar-refractivity contribution < 1.29 is 14.3 Å². The first kappa shape index (κ1) is 22.3. The Morgan fingerprint density at radius 1 is 1.14 bits per heavy atom. The summed E-state index contributed by atoms with van der Waals surface area (Å²) in [5, 5.41) is 6.48. The number of hydrogen-bond acceptors (Lipinski definition) is 5. The zero-order chi connectivity index (χ0) is 20.3. The number of amides is 1. The molecule has 2 aliphatic heterocycles. The quantitative estimate of drug-likeness (QED) is 0.314. The van der Waals surface area contributed by atoms with Crippen molar-refractivity contribution >= 4 is 11.9 Å². The molecule has 0 unspecified atom stereocenters. The van der Waals surface area contributed by atoms with Crippen molar-refractivity contribution in [3.05, 3.63) is 0 Å². The summed E-state index contributed by atoms with van der Waals surface area (Å²) in [5.74, 6) is 1.81. The van der Waals surface area contributed by atoms with Crippen LogP contribution < -0.4 is 10.6 Å². The number of piperazine rings is 1. The Balaban J connectivity index is 1.30. The molecule has 0 spiro atoms. The molecular formula is C21H39N5O3. The van der Waals surface area contributed by atoms with Gasteiger partial charge in [0.15, 0.2) is 5.96 Å². The van der Waals surface area contributed by atoms with E-state index in [0.29, 0.717) is 18.5 Å². The first-order valence-corrected chi connectivity index (χ1v) is 11.4. The van der Waals surface area contributed by atoms with Gasteiger partial charge in [0.1, 0.15) is 0 Å². The average molecular weight is 410 g/mol. The number of carbonyl (C=O) groups excluding carboxylic acids is 1. The van der Waals surface area contributed by atoms with Gasteiger partial charge in [-0.3, -0.25) is 14.7 Å². The molecule has 8 heteroatoms. The summed E-state index contributed by atoms with van der Waals surface area (Å²) < 4.78 is 11.2. The predicted octanol–water partition coefficient (Wildman–Crippen LogP) is 0.681. The summed E-state index contributed by atoms with van der Waals surface area (Å²) in [6.45, 7) is 11.2. The van der Waals surface area contributed by atoms with Crippen LogP contribution in [0, 0.1) is 5.92 Å². The first-order valence-electron chi connectivity index (χ1n) is 11.4. The molecule has 166 valence electrons. The van der Waals surface area contributed by atoms with Crippen LogP contribution in [-0.2, 0) is 14.3 Å². The molecule has 8 nitrogen and oxygen atoms in total. The minimum atomic E-state index is 0.169. The van der Waals surface area contributed by atoms with Crippen molar-refractivity contribution in [3.8, 4) is 0 Å². The number of aliphatic imine (C=N–C) groups is 1. The Bertz CT molecular complexity index is 512. The Labute approximate surface area is 175 Å². The highest BCUT2D eigenvalue weighted by Crippen LogP contribution is 2.18. The molecule has 0 aromatic carbocycles. The third-order valence-corrected chi connectivity index (χ3v) is 5.72. The summed E-state index contributed by atoms with van der Waals surface area (Å²) in [6, 6.07) is 0.442. The van der Waals surface area contributed by atoms with E-state index in [2.05, 4.69) is 27.4 Å². The Morgan fingerprint density at radius 2 is 1.90 bits per heavy atom. The number of ether oxygens (including phenoxy) is 2. The van der Waals surface area contributed by atoms with Gasteiger partial charge in [-0.15, -0.1) is 0 Å². The maximum atomic E-state index is 12.0. The average Bonchev–Trinajstić information content (AvgIpc) is 3.55. The third kappa shape index (κ3) is 8.48. The van der Waals surface area contributed by atoms with Crippen molar-refractivity contribution in [2.75, 3.05) is 72.2 Å². The van der Waals surface area contributed by atoms with Crippen LogP contribution in [0.5, 0.6) is 0 Å². The van der Waals surface area contributed by atoms with Crippen LogP contribution in [0.25, 0.3) is 0 Å². The molecule has 0 radical (unpaired) electrons. The lowest BCUT2D eigenvalue weighted by Crippen LogP contribution is -2.54. The van der Waals surface area contributed by atoms with Gasteiger partial charge >= 0.3 is 0 Å². The molecular weight excluding hydrogens is 370 g/mol. The Hall–Kier alpha value is -1.38. The Kier molecular flexibility index (Phi) is 9.50. The molecule has 3 rings (SSSR count). The van der Waals surface area contributed by atoms with Gasteiger partial charge in [0.05, 0.1) is 6.54 Å². The van der Waals surface area contributed by atoms with E-state index in [4.69, 9.17) is 14.5 Å². The van der Waals surface area contributed by atoms with Crippen molar-refractivity contribution in [2.24, 2.45) is 10.9 Å². The first-order chi connectivity index (χ1) is 14.2. The van der Waals surface area contributed by atoms with Gasteiger partial charge in [-0.2, -0.15) is 0 Å². The molecule has 3 fully saturated rings.